The average Bonchev–Trinajstić information content (AvgIpc) is 2.15. The number of rotatable bonds is 1. The van der Waals surface area contributed by atoms with Crippen LogP contribution in [0.2, 0.25) is 0 Å². The first-order valence-corrected chi connectivity index (χ1v) is 4.04. The lowest BCUT2D eigenvalue weighted by Gasteiger charge is -2.07. The van der Waals surface area contributed by atoms with E-state index in [0.717, 1.165) is 12.1 Å². The van der Waals surface area contributed by atoms with Crippen LogP contribution < -0.4 is 5.73 Å². The van der Waals surface area contributed by atoms with Crippen molar-refractivity contribution >= 4 is 5.70 Å². The Morgan fingerprint density at radius 1 is 1.21 bits per heavy atom. The van der Waals surface area contributed by atoms with Gasteiger partial charge in [0.15, 0.2) is 0 Å². The van der Waals surface area contributed by atoms with Crippen LogP contribution in [-0.2, 0) is 6.18 Å². The highest BCUT2D eigenvalue weighted by molar-refractivity contribution is 5.62. The Morgan fingerprint density at radius 3 is 2.07 bits per heavy atom. The predicted octanol–water partition coefficient (Wildman–Crippen LogP) is 3.02. The fourth-order valence-corrected chi connectivity index (χ4v) is 1.02. The molecule has 0 aliphatic carbocycles. The van der Waals surface area contributed by atoms with E-state index in [-0.39, 0.29) is 0 Å². The fourth-order valence-electron chi connectivity index (χ4n) is 1.02. The molecule has 1 aromatic carbocycles. The summed E-state index contributed by atoms with van der Waals surface area (Å²) in [6, 6.07) is 4.76. The normalized spacial score (nSPS) is 13.0. The fraction of sp³-hybridized carbons (Fsp3) is 0.200. The third kappa shape index (κ3) is 2.28. The van der Waals surface area contributed by atoms with Crippen molar-refractivity contribution < 1.29 is 13.2 Å². The summed E-state index contributed by atoms with van der Waals surface area (Å²) in [4.78, 5) is 0. The first-order valence-electron chi connectivity index (χ1n) is 4.04. The summed E-state index contributed by atoms with van der Waals surface area (Å²) < 4.78 is 36.5. The van der Waals surface area contributed by atoms with Gasteiger partial charge in [-0.1, -0.05) is 18.2 Å². The van der Waals surface area contributed by atoms with Crippen molar-refractivity contribution in [2.45, 2.75) is 13.1 Å². The van der Waals surface area contributed by atoms with Crippen LogP contribution in [0, 0.1) is 0 Å². The first-order chi connectivity index (χ1) is 6.45. The second-order valence-electron chi connectivity index (χ2n) is 2.82. The minimum atomic E-state index is -4.29. The number of nitrogens with two attached hydrogens (primary N) is 1. The number of alkyl halides is 3. The Kier molecular flexibility index (Phi) is 2.84. The zero-order chi connectivity index (χ0) is 10.8. The SMILES string of the molecule is C/C=C(/N)c1ccc(C(F)(F)F)cc1. The largest absolute Gasteiger partial charge is 0.416 e. The van der Waals surface area contributed by atoms with Crippen molar-refractivity contribution in [3.63, 3.8) is 0 Å². The lowest BCUT2D eigenvalue weighted by molar-refractivity contribution is -0.137. The lowest BCUT2D eigenvalue weighted by atomic mass is 10.1. The zero-order valence-electron chi connectivity index (χ0n) is 7.60. The molecule has 0 aliphatic heterocycles. The predicted molar refractivity (Wildman–Crippen MR) is 49.3 cm³/mol. The molecule has 0 atom stereocenters. The highest BCUT2D eigenvalue weighted by Crippen LogP contribution is 2.29. The maximum absolute atomic E-state index is 12.2. The first kappa shape index (κ1) is 10.6. The van der Waals surface area contributed by atoms with Crippen LogP contribution in [0.15, 0.2) is 30.3 Å². The smallest absolute Gasteiger partial charge is 0.399 e. The van der Waals surface area contributed by atoms with Gasteiger partial charge in [-0.05, 0) is 24.6 Å². The van der Waals surface area contributed by atoms with Crippen molar-refractivity contribution in [3.8, 4) is 0 Å². The van der Waals surface area contributed by atoms with Crippen LogP contribution in [0.4, 0.5) is 13.2 Å². The minimum absolute atomic E-state index is 0.471. The highest BCUT2D eigenvalue weighted by Gasteiger charge is 2.29. The molecule has 4 heteroatoms. The van der Waals surface area contributed by atoms with E-state index in [0.29, 0.717) is 11.3 Å². The van der Waals surface area contributed by atoms with Gasteiger partial charge in [0.05, 0.1) is 5.56 Å². The van der Waals surface area contributed by atoms with Gasteiger partial charge in [-0.2, -0.15) is 13.2 Å². The average molecular weight is 201 g/mol. The number of allylic oxidation sites excluding steroid dienone is 1. The molecule has 0 aliphatic rings. The Morgan fingerprint density at radius 2 is 1.71 bits per heavy atom. The number of hydrogen-bond donors (Lipinski definition) is 1. The van der Waals surface area contributed by atoms with E-state index >= 15 is 0 Å². The van der Waals surface area contributed by atoms with Gasteiger partial charge in [0.2, 0.25) is 0 Å². The number of halogens is 3. The van der Waals surface area contributed by atoms with Crippen molar-refractivity contribution in [1.82, 2.24) is 0 Å². The van der Waals surface area contributed by atoms with Crippen LogP contribution in [-0.4, -0.2) is 0 Å². The van der Waals surface area contributed by atoms with Crippen LogP contribution in [0.25, 0.3) is 5.70 Å². The molecule has 0 spiro atoms. The van der Waals surface area contributed by atoms with Gasteiger partial charge in [0, 0.05) is 5.70 Å². The number of hydrogen-bond acceptors (Lipinski definition) is 1. The van der Waals surface area contributed by atoms with Crippen LogP contribution in [0.3, 0.4) is 0 Å². The summed E-state index contributed by atoms with van der Waals surface area (Å²) in [7, 11) is 0. The van der Waals surface area contributed by atoms with E-state index in [1.54, 1.807) is 13.0 Å². The highest BCUT2D eigenvalue weighted by atomic mass is 19.4. The van der Waals surface area contributed by atoms with Crippen LogP contribution in [0.1, 0.15) is 18.1 Å². The third-order valence-electron chi connectivity index (χ3n) is 1.86. The molecule has 0 unspecified atom stereocenters. The Labute approximate surface area is 80.0 Å². The summed E-state index contributed by atoms with van der Waals surface area (Å²) in [5.41, 5.74) is 5.94. The summed E-state index contributed by atoms with van der Waals surface area (Å²) in [5, 5.41) is 0. The molecule has 0 fully saturated rings. The summed E-state index contributed by atoms with van der Waals surface area (Å²) in [6.07, 6.45) is -2.65. The summed E-state index contributed by atoms with van der Waals surface area (Å²) in [6.45, 7) is 1.73. The van der Waals surface area contributed by atoms with Gasteiger partial charge in [0.25, 0.3) is 0 Å². The van der Waals surface area contributed by atoms with Crippen molar-refractivity contribution in [2.24, 2.45) is 5.73 Å². The molecule has 0 heterocycles. The molecule has 2 N–H and O–H groups in total. The Hall–Kier alpha value is -1.45. The maximum atomic E-state index is 12.2. The van der Waals surface area contributed by atoms with Gasteiger partial charge < -0.3 is 5.73 Å². The van der Waals surface area contributed by atoms with E-state index in [1.807, 2.05) is 0 Å². The molecule has 14 heavy (non-hydrogen) atoms. The molecule has 1 aromatic rings. The Balaban J connectivity index is 3.01. The topological polar surface area (TPSA) is 26.0 Å². The maximum Gasteiger partial charge on any atom is 0.416 e. The molecule has 0 saturated heterocycles. The molecule has 1 nitrogen and oxygen atoms in total. The molecular formula is C10H10F3N. The van der Waals surface area contributed by atoms with Gasteiger partial charge in [-0.25, -0.2) is 0 Å². The molecule has 0 saturated carbocycles. The van der Waals surface area contributed by atoms with Gasteiger partial charge in [0.1, 0.15) is 0 Å². The molecule has 0 amide bonds. The monoisotopic (exact) mass is 201 g/mol. The van der Waals surface area contributed by atoms with Crippen LogP contribution in [0.5, 0.6) is 0 Å². The van der Waals surface area contributed by atoms with Gasteiger partial charge in [-0.15, -0.1) is 0 Å². The molecule has 0 aromatic heterocycles. The van der Waals surface area contributed by atoms with E-state index in [4.69, 9.17) is 5.73 Å². The second-order valence-corrected chi connectivity index (χ2v) is 2.82. The third-order valence-corrected chi connectivity index (χ3v) is 1.86. The van der Waals surface area contributed by atoms with E-state index in [9.17, 15) is 13.2 Å². The van der Waals surface area contributed by atoms with E-state index in [2.05, 4.69) is 0 Å². The van der Waals surface area contributed by atoms with Gasteiger partial charge in [-0.3, -0.25) is 0 Å². The van der Waals surface area contributed by atoms with Crippen molar-refractivity contribution in [2.75, 3.05) is 0 Å². The minimum Gasteiger partial charge on any atom is -0.399 e. The van der Waals surface area contributed by atoms with Gasteiger partial charge >= 0.3 is 6.18 Å². The standard InChI is InChI=1S/C10H10F3N/c1-2-9(14)7-3-5-8(6-4-7)10(11,12)13/h2-6H,14H2,1H3/b9-2+. The molecule has 0 bridgehead atoms. The molecule has 1 rings (SSSR count). The van der Waals surface area contributed by atoms with Crippen molar-refractivity contribution in [1.29, 1.82) is 0 Å². The van der Waals surface area contributed by atoms with E-state index < -0.39 is 11.7 Å². The zero-order valence-corrected chi connectivity index (χ0v) is 7.60. The molecule has 76 valence electrons. The quantitative estimate of drug-likeness (QED) is 0.742. The molecular weight excluding hydrogens is 191 g/mol. The summed E-state index contributed by atoms with van der Waals surface area (Å²) in [5.74, 6) is 0. The Bertz CT molecular complexity index is 335. The second kappa shape index (κ2) is 3.74. The van der Waals surface area contributed by atoms with E-state index in [1.165, 1.54) is 12.1 Å². The van der Waals surface area contributed by atoms with Crippen LogP contribution >= 0.6 is 0 Å². The lowest BCUT2D eigenvalue weighted by Crippen LogP contribution is -2.05. The molecule has 0 radical (unpaired) electrons. The summed E-state index contributed by atoms with van der Waals surface area (Å²) >= 11 is 0. The number of benzene rings is 1. The van der Waals surface area contributed by atoms with Crippen molar-refractivity contribution in [3.05, 3.63) is 41.5 Å².